The van der Waals surface area contributed by atoms with Gasteiger partial charge in [0.15, 0.2) is 0 Å². The second-order valence-electron chi connectivity index (χ2n) is 7.38. The van der Waals surface area contributed by atoms with Gasteiger partial charge in [0, 0.05) is 22.0 Å². The summed E-state index contributed by atoms with van der Waals surface area (Å²) >= 11 is 7.50. The smallest absolute Gasteiger partial charge is 0.243 e. The van der Waals surface area contributed by atoms with E-state index in [1.807, 2.05) is 37.4 Å². The lowest BCUT2D eigenvalue weighted by molar-refractivity contribution is -0.122. The molecule has 1 N–H and O–H groups in total. The number of rotatable bonds is 9. The summed E-state index contributed by atoms with van der Waals surface area (Å²) in [6, 6.07) is 18.9. The maximum absolute atomic E-state index is 14.3. The van der Waals surface area contributed by atoms with E-state index in [1.165, 1.54) is 42.5 Å². The number of sulfonamides is 1. The number of carbonyl (C=O) groups is 1. The Hall–Kier alpha value is -2.39. The molecule has 1 amide bonds. The fourth-order valence-electron chi connectivity index (χ4n) is 3.22. The molecule has 0 fully saturated rings. The molecule has 0 unspecified atom stereocenters. The van der Waals surface area contributed by atoms with Gasteiger partial charge < -0.3 is 5.32 Å². The lowest BCUT2D eigenvalue weighted by Gasteiger charge is -2.23. The minimum absolute atomic E-state index is 0.0308. The van der Waals surface area contributed by atoms with E-state index in [0.29, 0.717) is 5.02 Å². The lowest BCUT2D eigenvalue weighted by atomic mass is 10.1. The first-order chi connectivity index (χ1) is 15.7. The molecule has 0 aromatic heterocycles. The third kappa shape index (κ3) is 6.57. The molecule has 0 bridgehead atoms. The van der Waals surface area contributed by atoms with E-state index in [1.54, 1.807) is 17.8 Å². The van der Waals surface area contributed by atoms with E-state index < -0.39 is 28.3 Å². The molecule has 33 heavy (non-hydrogen) atoms. The monoisotopic (exact) mass is 506 g/mol. The number of thioether (sulfide) groups is 1. The predicted molar refractivity (Wildman–Crippen MR) is 130 cm³/mol. The number of hydrogen-bond acceptors (Lipinski definition) is 4. The molecule has 9 heteroatoms. The van der Waals surface area contributed by atoms with Gasteiger partial charge in [-0.2, -0.15) is 4.31 Å². The number of benzene rings is 3. The van der Waals surface area contributed by atoms with Crippen molar-refractivity contribution in [3.63, 3.8) is 0 Å². The SMILES string of the molecule is CSc1ccc([C@@H](C)NC(=O)CN(Cc2ccccc2F)S(=O)(=O)c2ccc(Cl)cc2)cc1. The molecule has 3 aromatic rings. The van der Waals surface area contributed by atoms with E-state index in [2.05, 4.69) is 5.32 Å². The van der Waals surface area contributed by atoms with Gasteiger partial charge >= 0.3 is 0 Å². The van der Waals surface area contributed by atoms with Gasteiger partial charge in [-0.3, -0.25) is 4.79 Å². The van der Waals surface area contributed by atoms with Crippen LogP contribution in [0.2, 0.25) is 5.02 Å². The maximum atomic E-state index is 14.3. The standard InChI is InChI=1S/C24H24ClFN2O3S2/c1-17(18-7-11-21(32-2)12-8-18)27-24(29)16-28(15-19-5-3-4-6-23(19)26)33(30,31)22-13-9-20(25)10-14-22/h3-14,17H,15-16H2,1-2H3,(H,27,29)/t17-/m1/s1. The topological polar surface area (TPSA) is 66.5 Å². The molecular formula is C24H24ClFN2O3S2. The number of halogens is 2. The van der Waals surface area contributed by atoms with Gasteiger partial charge in [0.05, 0.1) is 17.5 Å². The normalized spacial score (nSPS) is 12.5. The van der Waals surface area contributed by atoms with Gasteiger partial charge in [-0.1, -0.05) is 41.9 Å². The third-order valence-corrected chi connectivity index (χ3v) is 7.87. The quantitative estimate of drug-likeness (QED) is 0.401. The number of nitrogens with one attached hydrogen (secondary N) is 1. The average Bonchev–Trinajstić information content (AvgIpc) is 2.80. The van der Waals surface area contributed by atoms with Gasteiger partial charge in [0.1, 0.15) is 5.82 Å². The fourth-order valence-corrected chi connectivity index (χ4v) is 5.13. The summed E-state index contributed by atoms with van der Waals surface area (Å²) in [6.45, 7) is 1.06. The van der Waals surface area contributed by atoms with Crippen LogP contribution < -0.4 is 5.32 Å². The van der Waals surface area contributed by atoms with Crippen molar-refractivity contribution < 1.29 is 17.6 Å². The van der Waals surface area contributed by atoms with Gasteiger partial charge in [0.2, 0.25) is 15.9 Å². The minimum Gasteiger partial charge on any atom is -0.348 e. The van der Waals surface area contributed by atoms with Crippen LogP contribution in [0.25, 0.3) is 0 Å². The Morgan fingerprint density at radius 1 is 1.06 bits per heavy atom. The van der Waals surface area contributed by atoms with Crippen molar-refractivity contribution in [2.45, 2.75) is 29.3 Å². The Morgan fingerprint density at radius 3 is 2.30 bits per heavy atom. The summed E-state index contributed by atoms with van der Waals surface area (Å²) in [5.41, 5.74) is 1.06. The molecule has 5 nitrogen and oxygen atoms in total. The molecule has 3 aromatic carbocycles. The van der Waals surface area contributed by atoms with E-state index in [-0.39, 0.29) is 23.0 Å². The van der Waals surface area contributed by atoms with Crippen molar-refractivity contribution in [2.75, 3.05) is 12.8 Å². The van der Waals surface area contributed by atoms with Crippen molar-refractivity contribution in [1.29, 1.82) is 0 Å². The molecule has 0 aliphatic carbocycles. The van der Waals surface area contributed by atoms with Crippen molar-refractivity contribution in [3.8, 4) is 0 Å². The summed E-state index contributed by atoms with van der Waals surface area (Å²) < 4.78 is 41.8. The van der Waals surface area contributed by atoms with Crippen LogP contribution in [0.4, 0.5) is 4.39 Å². The number of amides is 1. The molecule has 0 saturated carbocycles. The fraction of sp³-hybridized carbons (Fsp3) is 0.208. The summed E-state index contributed by atoms with van der Waals surface area (Å²) in [7, 11) is -4.09. The second kappa shape index (κ2) is 11.2. The molecule has 1 atom stereocenters. The highest BCUT2D eigenvalue weighted by Gasteiger charge is 2.28. The number of carbonyl (C=O) groups excluding carboxylic acids is 1. The number of nitrogens with zero attached hydrogens (tertiary/aromatic N) is 1. The molecular weight excluding hydrogens is 483 g/mol. The van der Waals surface area contributed by atoms with E-state index in [4.69, 9.17) is 11.6 Å². The lowest BCUT2D eigenvalue weighted by Crippen LogP contribution is -2.41. The van der Waals surface area contributed by atoms with Crippen molar-refractivity contribution >= 4 is 39.3 Å². The Bertz CT molecular complexity index is 1200. The predicted octanol–water partition coefficient (Wildman–Crippen LogP) is 5.27. The van der Waals surface area contributed by atoms with Crippen LogP contribution >= 0.6 is 23.4 Å². The minimum atomic E-state index is -4.09. The zero-order chi connectivity index (χ0) is 24.0. The van der Waals surface area contributed by atoms with Crippen LogP contribution in [0.1, 0.15) is 24.1 Å². The van der Waals surface area contributed by atoms with E-state index in [0.717, 1.165) is 14.8 Å². The van der Waals surface area contributed by atoms with E-state index in [9.17, 15) is 17.6 Å². The first-order valence-electron chi connectivity index (χ1n) is 10.1. The Balaban J connectivity index is 1.83. The molecule has 174 valence electrons. The Labute approximate surface area is 203 Å². The van der Waals surface area contributed by atoms with Gasteiger partial charge in [-0.15, -0.1) is 11.8 Å². The maximum Gasteiger partial charge on any atom is 0.243 e. The van der Waals surface area contributed by atoms with Crippen molar-refractivity contribution in [3.05, 3.63) is 94.8 Å². The average molecular weight is 507 g/mol. The van der Waals surface area contributed by atoms with Gasteiger partial charge in [0.25, 0.3) is 0 Å². The highest BCUT2D eigenvalue weighted by Crippen LogP contribution is 2.22. The summed E-state index contributed by atoms with van der Waals surface area (Å²) in [6.07, 6.45) is 1.98. The van der Waals surface area contributed by atoms with Crippen molar-refractivity contribution in [2.24, 2.45) is 0 Å². The van der Waals surface area contributed by atoms with Crippen molar-refractivity contribution in [1.82, 2.24) is 9.62 Å². The first-order valence-corrected chi connectivity index (χ1v) is 13.2. The first kappa shape index (κ1) is 25.2. The van der Waals surface area contributed by atoms with Crippen LogP contribution in [-0.4, -0.2) is 31.4 Å². The summed E-state index contributed by atoms with van der Waals surface area (Å²) in [5.74, 6) is -1.04. The molecule has 0 heterocycles. The van der Waals surface area contributed by atoms with Crippen LogP contribution in [-0.2, 0) is 21.4 Å². The third-order valence-electron chi connectivity index (χ3n) is 5.07. The summed E-state index contributed by atoms with van der Waals surface area (Å²) in [5, 5.41) is 3.21. The van der Waals surface area contributed by atoms with Gasteiger partial charge in [-0.05, 0) is 61.2 Å². The zero-order valence-electron chi connectivity index (χ0n) is 18.2. The molecule has 0 radical (unpaired) electrons. The zero-order valence-corrected chi connectivity index (χ0v) is 20.6. The molecule has 0 spiro atoms. The largest absolute Gasteiger partial charge is 0.348 e. The Kier molecular flexibility index (Phi) is 8.53. The van der Waals surface area contributed by atoms with Crippen LogP contribution in [0.3, 0.4) is 0 Å². The van der Waals surface area contributed by atoms with Gasteiger partial charge in [-0.25, -0.2) is 12.8 Å². The van der Waals surface area contributed by atoms with Crippen LogP contribution in [0, 0.1) is 5.82 Å². The van der Waals surface area contributed by atoms with E-state index >= 15 is 0 Å². The van der Waals surface area contributed by atoms with Crippen LogP contribution in [0.15, 0.2) is 82.6 Å². The second-order valence-corrected chi connectivity index (χ2v) is 10.6. The highest BCUT2D eigenvalue weighted by molar-refractivity contribution is 7.98. The highest BCUT2D eigenvalue weighted by atomic mass is 35.5. The summed E-state index contributed by atoms with van der Waals surface area (Å²) in [4.78, 5) is 13.9. The molecule has 0 aliphatic rings. The molecule has 3 rings (SSSR count). The Morgan fingerprint density at radius 2 is 1.70 bits per heavy atom. The molecule has 0 aliphatic heterocycles. The number of hydrogen-bond donors (Lipinski definition) is 1. The molecule has 0 saturated heterocycles. The van der Waals surface area contributed by atoms with Crippen LogP contribution in [0.5, 0.6) is 0 Å².